The number of hydrogen-bond donors (Lipinski definition) is 2. The quantitative estimate of drug-likeness (QED) is 0.492. The van der Waals surface area contributed by atoms with E-state index in [4.69, 9.17) is 10.5 Å². The van der Waals surface area contributed by atoms with Crippen LogP contribution >= 0.6 is 0 Å². The van der Waals surface area contributed by atoms with Crippen molar-refractivity contribution in [1.82, 2.24) is 20.4 Å². The number of sulfone groups is 1. The lowest BCUT2D eigenvalue weighted by molar-refractivity contribution is -0.386. The maximum atomic E-state index is 11.6. The summed E-state index contributed by atoms with van der Waals surface area (Å²) in [6.07, 6.45) is 0.975. The highest BCUT2D eigenvalue weighted by Crippen LogP contribution is 2.27. The average Bonchev–Trinajstić information content (AvgIpc) is 2.99. The molecule has 12 heteroatoms. The van der Waals surface area contributed by atoms with E-state index >= 15 is 0 Å². The Morgan fingerprint density at radius 3 is 2.76 bits per heavy atom. The third-order valence-electron chi connectivity index (χ3n) is 3.34. The van der Waals surface area contributed by atoms with Gasteiger partial charge in [-0.1, -0.05) is 0 Å². The molecule has 25 heavy (non-hydrogen) atoms. The van der Waals surface area contributed by atoms with E-state index in [-0.39, 0.29) is 40.0 Å². The van der Waals surface area contributed by atoms with Gasteiger partial charge in [0, 0.05) is 18.4 Å². The van der Waals surface area contributed by atoms with E-state index in [1.807, 2.05) is 0 Å². The van der Waals surface area contributed by atoms with Gasteiger partial charge in [0.05, 0.1) is 15.4 Å². The molecule has 130 valence electrons. The molecule has 0 unspecified atom stereocenters. The number of nitrogens with zero attached hydrogens (tertiary/aromatic N) is 4. The number of H-pyrrole nitrogens is 1. The first-order valence-electron chi connectivity index (χ1n) is 6.83. The number of nitro groups is 1. The zero-order valence-corrected chi connectivity index (χ0v) is 13.6. The molecule has 3 rings (SSSR count). The van der Waals surface area contributed by atoms with Crippen LogP contribution in [0.2, 0.25) is 0 Å². The van der Waals surface area contributed by atoms with Crippen LogP contribution in [0.1, 0.15) is 5.56 Å². The topological polar surface area (TPSA) is 167 Å². The lowest BCUT2D eigenvalue weighted by Gasteiger charge is -2.08. The summed E-state index contributed by atoms with van der Waals surface area (Å²) in [4.78, 5) is 14.4. The molecule has 0 aliphatic carbocycles. The van der Waals surface area contributed by atoms with E-state index < -0.39 is 14.8 Å². The molecule has 0 radical (unpaired) electrons. The lowest BCUT2D eigenvalue weighted by Crippen LogP contribution is -2.05. The molecule has 0 spiro atoms. The van der Waals surface area contributed by atoms with Gasteiger partial charge in [0.1, 0.15) is 12.4 Å². The number of anilines is 1. The van der Waals surface area contributed by atoms with Gasteiger partial charge in [0.2, 0.25) is 5.65 Å². The summed E-state index contributed by atoms with van der Waals surface area (Å²) >= 11 is 0. The second kappa shape index (κ2) is 5.98. The number of nitrogens with two attached hydrogens (primary N) is 1. The fourth-order valence-corrected chi connectivity index (χ4v) is 2.80. The second-order valence-electron chi connectivity index (χ2n) is 5.15. The summed E-state index contributed by atoms with van der Waals surface area (Å²) in [6, 6.07) is 5.04. The Kier molecular flexibility index (Phi) is 3.96. The number of hydrogen-bond acceptors (Lipinski definition) is 9. The Labute approximate surface area is 140 Å². The van der Waals surface area contributed by atoms with Crippen LogP contribution in [0.3, 0.4) is 0 Å². The number of aromatic nitrogens is 4. The number of fused-ring (bicyclic) bond motifs is 1. The minimum absolute atomic E-state index is 0.144. The van der Waals surface area contributed by atoms with Gasteiger partial charge in [-0.25, -0.2) is 13.4 Å². The molecule has 3 N–H and O–H groups in total. The van der Waals surface area contributed by atoms with Gasteiger partial charge >= 0.3 is 0 Å². The van der Waals surface area contributed by atoms with Crippen molar-refractivity contribution < 1.29 is 18.1 Å². The van der Waals surface area contributed by atoms with Crippen molar-refractivity contribution in [2.75, 3.05) is 12.0 Å². The van der Waals surface area contributed by atoms with Gasteiger partial charge in [0.15, 0.2) is 21.1 Å². The molecule has 0 fully saturated rings. The first-order valence-corrected chi connectivity index (χ1v) is 8.72. The van der Waals surface area contributed by atoms with Crippen LogP contribution in [0, 0.1) is 10.1 Å². The van der Waals surface area contributed by atoms with Crippen molar-refractivity contribution in [3.8, 4) is 5.75 Å². The number of ether oxygens (including phenoxy) is 1. The van der Waals surface area contributed by atoms with E-state index in [0.717, 1.165) is 12.3 Å². The molecule has 0 bridgehead atoms. The Bertz CT molecular complexity index is 1080. The molecule has 2 heterocycles. The van der Waals surface area contributed by atoms with E-state index in [2.05, 4.69) is 20.4 Å². The summed E-state index contributed by atoms with van der Waals surface area (Å²) in [7, 11) is -3.56. The molecular formula is C13H12N6O5S. The summed E-state index contributed by atoms with van der Waals surface area (Å²) < 4.78 is 28.7. The highest BCUT2D eigenvalue weighted by Gasteiger charge is 2.20. The van der Waals surface area contributed by atoms with Crippen molar-refractivity contribution >= 4 is 32.5 Å². The van der Waals surface area contributed by atoms with Crippen LogP contribution < -0.4 is 10.5 Å². The largest absolute Gasteiger partial charge is 0.486 e. The standard InChI is InChI=1S/C13H12N6O5S/c1-25(22,23)8-3-2-7(9(4-8)19(20)21)6-24-10-5-11(14)15-13-12(10)16-18-17-13/h2-5H,6H2,1H3,(H3,14,15,16,17,18). The van der Waals surface area contributed by atoms with Crippen LogP contribution in [0.25, 0.3) is 11.2 Å². The molecule has 1 aromatic carbocycles. The third-order valence-corrected chi connectivity index (χ3v) is 4.45. The predicted octanol–water partition coefficient (Wildman–Crippen LogP) is 0.826. The zero-order chi connectivity index (χ0) is 18.2. The fraction of sp³-hybridized carbons (Fsp3) is 0.154. The normalized spacial score (nSPS) is 11.6. The Balaban J connectivity index is 1.95. The minimum atomic E-state index is -3.56. The monoisotopic (exact) mass is 364 g/mol. The molecule has 0 aliphatic rings. The summed E-state index contributed by atoms with van der Waals surface area (Å²) in [5.41, 5.74) is 6.06. The highest BCUT2D eigenvalue weighted by molar-refractivity contribution is 7.90. The van der Waals surface area contributed by atoms with Crippen LogP contribution in [0.15, 0.2) is 29.2 Å². The first kappa shape index (κ1) is 16.6. The number of nitro benzene ring substituents is 1. The van der Waals surface area contributed by atoms with Crippen molar-refractivity contribution in [2.45, 2.75) is 11.5 Å². The number of aromatic amines is 1. The summed E-state index contributed by atoms with van der Waals surface area (Å²) in [5.74, 6) is 0.399. The van der Waals surface area contributed by atoms with Gasteiger partial charge in [0.25, 0.3) is 5.69 Å². The van der Waals surface area contributed by atoms with E-state index in [9.17, 15) is 18.5 Å². The smallest absolute Gasteiger partial charge is 0.277 e. The van der Waals surface area contributed by atoms with Crippen LogP contribution in [0.5, 0.6) is 5.75 Å². The maximum Gasteiger partial charge on any atom is 0.277 e. The van der Waals surface area contributed by atoms with Crippen LogP contribution in [0.4, 0.5) is 11.5 Å². The highest BCUT2D eigenvalue weighted by atomic mass is 32.2. The van der Waals surface area contributed by atoms with E-state index in [1.165, 1.54) is 18.2 Å². The molecule has 11 nitrogen and oxygen atoms in total. The molecule has 0 aliphatic heterocycles. The van der Waals surface area contributed by atoms with Crippen molar-refractivity contribution in [3.63, 3.8) is 0 Å². The van der Waals surface area contributed by atoms with Crippen molar-refractivity contribution in [3.05, 3.63) is 39.9 Å². The Morgan fingerprint density at radius 1 is 1.32 bits per heavy atom. The second-order valence-corrected chi connectivity index (χ2v) is 7.17. The number of nitrogen functional groups attached to an aromatic ring is 1. The minimum Gasteiger partial charge on any atom is -0.486 e. The first-order chi connectivity index (χ1) is 11.8. The van der Waals surface area contributed by atoms with Gasteiger partial charge in [-0.2, -0.15) is 10.3 Å². The fourth-order valence-electron chi connectivity index (χ4n) is 2.16. The molecule has 0 atom stereocenters. The Morgan fingerprint density at radius 2 is 2.08 bits per heavy atom. The third kappa shape index (κ3) is 3.33. The molecule has 2 aromatic heterocycles. The van der Waals surface area contributed by atoms with Crippen molar-refractivity contribution in [1.29, 1.82) is 0 Å². The number of pyridine rings is 1. The molecule has 0 saturated heterocycles. The molecule has 3 aromatic rings. The number of rotatable bonds is 5. The number of benzene rings is 1. The van der Waals surface area contributed by atoms with Gasteiger partial charge in [-0.15, -0.1) is 5.10 Å². The van der Waals surface area contributed by atoms with Gasteiger partial charge < -0.3 is 10.5 Å². The summed E-state index contributed by atoms with van der Waals surface area (Å²) in [6.45, 7) is -0.189. The maximum absolute atomic E-state index is 11.6. The molecular weight excluding hydrogens is 352 g/mol. The Hall–Kier alpha value is -3.28. The lowest BCUT2D eigenvalue weighted by atomic mass is 10.2. The predicted molar refractivity (Wildman–Crippen MR) is 86.6 cm³/mol. The van der Waals surface area contributed by atoms with Gasteiger partial charge in [-0.3, -0.25) is 10.1 Å². The number of nitrogens with one attached hydrogen (secondary N) is 1. The van der Waals surface area contributed by atoms with Crippen molar-refractivity contribution in [2.24, 2.45) is 0 Å². The van der Waals surface area contributed by atoms with Gasteiger partial charge in [-0.05, 0) is 12.1 Å². The van der Waals surface area contributed by atoms with E-state index in [0.29, 0.717) is 5.52 Å². The van der Waals surface area contributed by atoms with E-state index in [1.54, 1.807) is 0 Å². The average molecular weight is 364 g/mol. The van der Waals surface area contributed by atoms with Crippen LogP contribution in [-0.2, 0) is 16.4 Å². The molecule has 0 amide bonds. The summed E-state index contributed by atoms with van der Waals surface area (Å²) in [5, 5.41) is 21.3. The van der Waals surface area contributed by atoms with Crippen LogP contribution in [-0.4, -0.2) is 40.0 Å². The molecule has 0 saturated carbocycles. The SMILES string of the molecule is CS(=O)(=O)c1ccc(COc2cc(N)nc3n[nH]nc23)c([N+](=O)[O-])c1. The zero-order valence-electron chi connectivity index (χ0n) is 12.8.